The summed E-state index contributed by atoms with van der Waals surface area (Å²) in [5.74, 6) is 0. The van der Waals surface area contributed by atoms with Crippen LogP contribution >= 0.6 is 0 Å². The van der Waals surface area contributed by atoms with E-state index in [1.807, 2.05) is 0 Å². The van der Waals surface area contributed by atoms with Crippen molar-refractivity contribution >= 4 is 10.1 Å². The summed E-state index contributed by atoms with van der Waals surface area (Å²) in [7, 11) is -3.90. The zero-order valence-corrected chi connectivity index (χ0v) is 4.22. The van der Waals surface area contributed by atoms with Crippen molar-refractivity contribution < 1.29 is 18.4 Å². The summed E-state index contributed by atoms with van der Waals surface area (Å²) < 4.78 is 26.6. The van der Waals surface area contributed by atoms with Crippen molar-refractivity contribution in [3.63, 3.8) is 0 Å². The molecule has 0 aliphatic rings. The summed E-state index contributed by atoms with van der Waals surface area (Å²) in [6.45, 7) is 2.79. The van der Waals surface area contributed by atoms with Crippen LogP contribution in [0.2, 0.25) is 0 Å². The molecule has 0 aliphatic carbocycles. The van der Waals surface area contributed by atoms with Gasteiger partial charge in [0.05, 0.1) is 5.41 Å². The van der Waals surface area contributed by atoms with Crippen LogP contribution in [0.3, 0.4) is 0 Å². The Morgan fingerprint density at radius 3 is 1.71 bits per heavy atom. The molecule has 0 rings (SSSR count). The van der Waals surface area contributed by atoms with E-state index in [0.29, 0.717) is 5.41 Å². The molecule has 0 aliphatic heterocycles. The van der Waals surface area contributed by atoms with E-state index in [4.69, 9.17) is 4.55 Å². The monoisotopic (exact) mass is 125 g/mol. The predicted octanol–water partition coefficient (Wildman–Crippen LogP) is -0.159. The molecule has 0 amide bonds. The largest absolute Gasteiger partial charge is 0.287 e. The molecule has 0 spiro atoms. The molecule has 0 unspecified atom stereocenters. The maximum absolute atomic E-state index is 9.44. The third-order valence-electron chi connectivity index (χ3n) is 0.211. The first-order valence-corrected chi connectivity index (χ1v) is 2.66. The standard InChI is InChI=1S/C2H4O3S.HO/c1-2-6(3,4)5;/h2H,1H2,(H,3,4,5);1H. The second-order valence-electron chi connectivity index (χ2n) is 0.682. The molecule has 2 N–H and O–H groups in total. The van der Waals surface area contributed by atoms with Gasteiger partial charge in [0.25, 0.3) is 10.1 Å². The molecule has 1 radical (unpaired) electrons. The second-order valence-corrected chi connectivity index (χ2v) is 2.04. The first-order chi connectivity index (χ1) is 2.56. The van der Waals surface area contributed by atoms with Gasteiger partial charge in [-0.25, -0.2) is 0 Å². The molecule has 0 heterocycles. The molecule has 0 saturated carbocycles. The van der Waals surface area contributed by atoms with E-state index in [9.17, 15) is 8.42 Å². The molecule has 0 bridgehead atoms. The number of hydrogen-bond acceptors (Lipinski definition) is 2. The van der Waals surface area contributed by atoms with Gasteiger partial charge in [-0.05, 0) is 0 Å². The molecule has 0 atom stereocenters. The van der Waals surface area contributed by atoms with Gasteiger partial charge in [0, 0.05) is 0 Å². The van der Waals surface area contributed by atoms with Crippen molar-refractivity contribution in [2.24, 2.45) is 0 Å². The highest BCUT2D eigenvalue weighted by Gasteiger charge is 1.87. The van der Waals surface area contributed by atoms with Crippen LogP contribution in [0.5, 0.6) is 0 Å². The van der Waals surface area contributed by atoms with Gasteiger partial charge in [-0.1, -0.05) is 6.58 Å². The van der Waals surface area contributed by atoms with E-state index in [0.717, 1.165) is 0 Å². The lowest BCUT2D eigenvalue weighted by molar-refractivity contribution is 0.494. The fraction of sp³-hybridized carbons (Fsp3) is 0. The summed E-state index contributed by atoms with van der Waals surface area (Å²) in [5.41, 5.74) is 0. The molecule has 7 heavy (non-hydrogen) atoms. The molecule has 4 nitrogen and oxygen atoms in total. The summed E-state index contributed by atoms with van der Waals surface area (Å²) >= 11 is 0. The fourth-order valence-corrected chi connectivity index (χ4v) is 0. The van der Waals surface area contributed by atoms with Crippen LogP contribution in [0.15, 0.2) is 12.0 Å². The van der Waals surface area contributed by atoms with E-state index in [1.54, 1.807) is 0 Å². The van der Waals surface area contributed by atoms with Gasteiger partial charge in [-0.2, -0.15) is 8.42 Å². The van der Waals surface area contributed by atoms with Crippen LogP contribution in [0, 0.1) is 0 Å². The Hall–Kier alpha value is -0.390. The smallest absolute Gasteiger partial charge is 0.282 e. The van der Waals surface area contributed by atoms with Crippen LogP contribution in [-0.4, -0.2) is 18.4 Å². The molecule has 0 aromatic heterocycles. The van der Waals surface area contributed by atoms with Crippen LogP contribution < -0.4 is 0 Å². The Kier molecular flexibility index (Phi) is 3.82. The fourth-order valence-electron chi connectivity index (χ4n) is 0. The first kappa shape index (κ1) is 9.79. The minimum absolute atomic E-state index is 0. The van der Waals surface area contributed by atoms with Crippen LogP contribution in [0.1, 0.15) is 0 Å². The topological polar surface area (TPSA) is 84.4 Å². The SMILES string of the molecule is C=CS(=O)(=O)O.[OH]. The lowest BCUT2D eigenvalue weighted by atomic mass is 11.3. The number of hydrogen-bond donors (Lipinski definition) is 2. The Bertz CT molecular complexity index is 120. The van der Waals surface area contributed by atoms with E-state index in [-0.39, 0.29) is 5.48 Å². The lowest BCUT2D eigenvalue weighted by Gasteiger charge is -1.73. The third kappa shape index (κ3) is 10.7. The van der Waals surface area contributed by atoms with Crippen molar-refractivity contribution in [3.05, 3.63) is 12.0 Å². The first-order valence-electron chi connectivity index (χ1n) is 1.16. The van der Waals surface area contributed by atoms with Crippen molar-refractivity contribution in [3.8, 4) is 0 Å². The minimum atomic E-state index is -3.90. The Morgan fingerprint density at radius 1 is 1.57 bits per heavy atom. The summed E-state index contributed by atoms with van der Waals surface area (Å²) in [6, 6.07) is 0. The molecular weight excluding hydrogens is 120 g/mol. The molecule has 0 saturated heterocycles. The average Bonchev–Trinajstić information content (AvgIpc) is 1.35. The van der Waals surface area contributed by atoms with Gasteiger partial charge < -0.3 is 0 Å². The van der Waals surface area contributed by atoms with Crippen LogP contribution in [0.4, 0.5) is 0 Å². The zero-order valence-electron chi connectivity index (χ0n) is 3.40. The predicted molar refractivity (Wildman–Crippen MR) is 23.7 cm³/mol. The molecule has 0 aromatic rings. The van der Waals surface area contributed by atoms with Crippen LogP contribution in [0.25, 0.3) is 0 Å². The zero-order chi connectivity index (χ0) is 5.21. The van der Waals surface area contributed by atoms with Crippen molar-refractivity contribution in [2.45, 2.75) is 0 Å². The highest BCUT2D eigenvalue weighted by atomic mass is 32.2. The van der Waals surface area contributed by atoms with Gasteiger partial charge >= 0.3 is 0 Å². The highest BCUT2D eigenvalue weighted by Crippen LogP contribution is 1.75. The van der Waals surface area contributed by atoms with Gasteiger partial charge in [0.2, 0.25) is 0 Å². The summed E-state index contributed by atoms with van der Waals surface area (Å²) in [6.07, 6.45) is 0. The average molecular weight is 125 g/mol. The van der Waals surface area contributed by atoms with Crippen molar-refractivity contribution in [1.29, 1.82) is 0 Å². The summed E-state index contributed by atoms with van der Waals surface area (Å²) in [4.78, 5) is 0. The molecule has 0 fully saturated rings. The van der Waals surface area contributed by atoms with Gasteiger partial charge in [0.15, 0.2) is 0 Å². The minimum Gasteiger partial charge on any atom is -0.282 e. The molecular formula is C2H5O4S. The normalized spacial score (nSPS) is 9.29. The van der Waals surface area contributed by atoms with E-state index < -0.39 is 10.1 Å². The Labute approximate surface area is 41.5 Å². The van der Waals surface area contributed by atoms with Gasteiger partial charge in [-0.3, -0.25) is 10.0 Å². The van der Waals surface area contributed by atoms with Gasteiger partial charge in [-0.15, -0.1) is 0 Å². The van der Waals surface area contributed by atoms with E-state index in [2.05, 4.69) is 6.58 Å². The molecule has 0 aromatic carbocycles. The maximum atomic E-state index is 9.44. The molecule has 43 valence electrons. The van der Waals surface area contributed by atoms with Crippen LogP contribution in [-0.2, 0) is 10.1 Å². The quantitative estimate of drug-likeness (QED) is 0.477. The van der Waals surface area contributed by atoms with Crippen molar-refractivity contribution in [1.82, 2.24) is 0 Å². The molecule has 5 heteroatoms. The van der Waals surface area contributed by atoms with E-state index >= 15 is 0 Å². The van der Waals surface area contributed by atoms with E-state index in [1.165, 1.54) is 0 Å². The number of rotatable bonds is 1. The Balaban J connectivity index is 0. The summed E-state index contributed by atoms with van der Waals surface area (Å²) in [5, 5.41) is 0.465. The third-order valence-corrected chi connectivity index (χ3v) is 0.632. The van der Waals surface area contributed by atoms with Gasteiger partial charge in [0.1, 0.15) is 0 Å². The Morgan fingerprint density at radius 2 is 1.71 bits per heavy atom. The van der Waals surface area contributed by atoms with Crippen molar-refractivity contribution in [2.75, 3.05) is 0 Å². The maximum Gasteiger partial charge on any atom is 0.287 e. The highest BCUT2D eigenvalue weighted by molar-refractivity contribution is 7.88. The lowest BCUT2D eigenvalue weighted by Crippen LogP contribution is -1.86. The second kappa shape index (κ2) is 2.73.